The first-order valence-electron chi connectivity index (χ1n) is 9.15. The Morgan fingerprint density at radius 1 is 1.28 bits per heavy atom. The van der Waals surface area contributed by atoms with Crippen LogP contribution in [0.2, 0.25) is 0 Å². The van der Waals surface area contributed by atoms with Crippen molar-refractivity contribution in [1.29, 1.82) is 0 Å². The Kier molecular flexibility index (Phi) is 6.19. The van der Waals surface area contributed by atoms with Crippen LogP contribution in [0.25, 0.3) is 0 Å². The van der Waals surface area contributed by atoms with Gasteiger partial charge < -0.3 is 23.9 Å². The highest BCUT2D eigenvalue weighted by molar-refractivity contribution is 6.15. The van der Waals surface area contributed by atoms with Crippen molar-refractivity contribution in [3.63, 3.8) is 0 Å². The summed E-state index contributed by atoms with van der Waals surface area (Å²) in [6, 6.07) is 9.43. The summed E-state index contributed by atoms with van der Waals surface area (Å²) in [7, 11) is 1.52. The molecule has 29 heavy (non-hydrogen) atoms. The molecular weight excluding hydrogens is 374 g/mol. The third kappa shape index (κ3) is 4.09. The topological polar surface area (TPSA) is 89.2 Å². The standard InChI is InChI=1S/C22H23NO6/c1-4-12-28-16-8-6-15(7-9-16)19-18(20(24)17-10-5-14(2)29-17)21(25)22(26)23(19)11-13-27-3/h4-10,19,25H,1,11-13H2,2-3H3/t19-/m1/s1. The number of hydrogen-bond donors (Lipinski definition) is 1. The van der Waals surface area contributed by atoms with Gasteiger partial charge in [-0.05, 0) is 36.8 Å². The number of furan rings is 1. The summed E-state index contributed by atoms with van der Waals surface area (Å²) in [5, 5.41) is 10.5. The lowest BCUT2D eigenvalue weighted by atomic mass is 9.95. The zero-order valence-corrected chi connectivity index (χ0v) is 16.4. The molecule has 0 saturated heterocycles. The number of aliphatic hydroxyl groups is 1. The average molecular weight is 397 g/mol. The molecule has 7 heteroatoms. The molecule has 0 fully saturated rings. The number of rotatable bonds is 9. The molecule has 3 rings (SSSR count). The summed E-state index contributed by atoms with van der Waals surface area (Å²) >= 11 is 0. The van der Waals surface area contributed by atoms with Crippen molar-refractivity contribution >= 4 is 11.7 Å². The third-order valence-electron chi connectivity index (χ3n) is 4.61. The van der Waals surface area contributed by atoms with Crippen molar-refractivity contribution in [1.82, 2.24) is 4.90 Å². The molecule has 0 radical (unpaired) electrons. The number of ether oxygens (including phenoxy) is 2. The second kappa shape index (κ2) is 8.79. The van der Waals surface area contributed by atoms with Gasteiger partial charge in [-0.15, -0.1) is 0 Å². The van der Waals surface area contributed by atoms with Crippen molar-refractivity contribution in [2.75, 3.05) is 26.9 Å². The lowest BCUT2D eigenvalue weighted by Gasteiger charge is -2.26. The molecule has 0 saturated carbocycles. The van der Waals surface area contributed by atoms with Crippen molar-refractivity contribution in [3.8, 4) is 5.75 Å². The molecule has 152 valence electrons. The van der Waals surface area contributed by atoms with Gasteiger partial charge in [0.15, 0.2) is 11.5 Å². The first-order chi connectivity index (χ1) is 14.0. The van der Waals surface area contributed by atoms with E-state index in [4.69, 9.17) is 13.9 Å². The molecule has 0 unspecified atom stereocenters. The maximum Gasteiger partial charge on any atom is 0.290 e. The normalized spacial score (nSPS) is 16.4. The summed E-state index contributed by atoms with van der Waals surface area (Å²) in [4.78, 5) is 27.2. The van der Waals surface area contributed by atoms with Gasteiger partial charge in [0, 0.05) is 13.7 Å². The van der Waals surface area contributed by atoms with Gasteiger partial charge in [-0.1, -0.05) is 24.8 Å². The number of aliphatic hydroxyl groups excluding tert-OH is 1. The van der Waals surface area contributed by atoms with E-state index in [1.165, 1.54) is 18.1 Å². The van der Waals surface area contributed by atoms with Gasteiger partial charge in [0.05, 0.1) is 18.2 Å². The lowest BCUT2D eigenvalue weighted by Crippen LogP contribution is -2.34. The number of aryl methyl sites for hydroxylation is 1. The van der Waals surface area contributed by atoms with E-state index in [0.717, 1.165) is 0 Å². The van der Waals surface area contributed by atoms with Crippen molar-refractivity contribution in [3.05, 3.63) is 77.5 Å². The quantitative estimate of drug-likeness (QED) is 0.515. The van der Waals surface area contributed by atoms with E-state index in [1.54, 1.807) is 43.3 Å². The summed E-state index contributed by atoms with van der Waals surface area (Å²) in [5.41, 5.74) is 0.649. The highest BCUT2D eigenvalue weighted by atomic mass is 16.5. The van der Waals surface area contributed by atoms with Crippen LogP contribution in [-0.2, 0) is 9.53 Å². The first kappa shape index (κ1) is 20.4. The Bertz CT molecular complexity index is 940. The highest BCUT2D eigenvalue weighted by Crippen LogP contribution is 2.39. The molecule has 0 aliphatic carbocycles. The van der Waals surface area contributed by atoms with Crippen LogP contribution in [-0.4, -0.2) is 48.6 Å². The van der Waals surface area contributed by atoms with E-state index in [-0.39, 0.29) is 24.5 Å². The monoisotopic (exact) mass is 397 g/mol. The van der Waals surface area contributed by atoms with Crippen LogP contribution in [0.15, 0.2) is 64.8 Å². The van der Waals surface area contributed by atoms with E-state index < -0.39 is 23.5 Å². The minimum Gasteiger partial charge on any atom is -0.503 e. The third-order valence-corrected chi connectivity index (χ3v) is 4.61. The van der Waals surface area contributed by atoms with Gasteiger partial charge in [0.1, 0.15) is 18.1 Å². The van der Waals surface area contributed by atoms with E-state index in [1.807, 2.05) is 0 Å². The molecule has 1 aromatic carbocycles. The SMILES string of the molecule is C=CCOc1ccc([C@@H]2C(C(=O)c3ccc(C)o3)=C(O)C(=O)N2CCOC)cc1. The molecule has 2 aromatic rings. The number of ketones is 1. The molecule has 1 N–H and O–H groups in total. The molecule has 1 aromatic heterocycles. The Morgan fingerprint density at radius 3 is 2.59 bits per heavy atom. The van der Waals surface area contributed by atoms with Crippen LogP contribution in [0, 0.1) is 6.92 Å². The molecule has 2 heterocycles. The second-order valence-electron chi connectivity index (χ2n) is 6.56. The van der Waals surface area contributed by atoms with Gasteiger partial charge in [-0.2, -0.15) is 0 Å². The van der Waals surface area contributed by atoms with Gasteiger partial charge in [-0.25, -0.2) is 0 Å². The fraction of sp³-hybridized carbons (Fsp3) is 0.273. The number of carbonyl (C=O) groups excluding carboxylic acids is 2. The van der Waals surface area contributed by atoms with Crippen molar-refractivity contribution in [2.45, 2.75) is 13.0 Å². The molecule has 0 bridgehead atoms. The van der Waals surface area contributed by atoms with Crippen LogP contribution in [0.1, 0.15) is 27.9 Å². The summed E-state index contributed by atoms with van der Waals surface area (Å²) in [6.07, 6.45) is 1.64. The highest BCUT2D eigenvalue weighted by Gasteiger charge is 2.44. The van der Waals surface area contributed by atoms with Crippen LogP contribution in [0.4, 0.5) is 0 Å². The molecule has 1 atom stereocenters. The second-order valence-corrected chi connectivity index (χ2v) is 6.56. The van der Waals surface area contributed by atoms with E-state index in [0.29, 0.717) is 23.7 Å². The number of amides is 1. The largest absolute Gasteiger partial charge is 0.503 e. The minimum atomic E-state index is -0.760. The summed E-state index contributed by atoms with van der Waals surface area (Å²) < 4.78 is 16.0. The smallest absolute Gasteiger partial charge is 0.290 e. The Morgan fingerprint density at radius 2 is 2.00 bits per heavy atom. The maximum atomic E-state index is 13.1. The number of hydrogen-bond acceptors (Lipinski definition) is 6. The molecule has 1 aliphatic rings. The number of benzene rings is 1. The Balaban J connectivity index is 2.00. The van der Waals surface area contributed by atoms with Gasteiger partial charge in [-0.3, -0.25) is 9.59 Å². The molecule has 7 nitrogen and oxygen atoms in total. The molecule has 1 aliphatic heterocycles. The van der Waals surface area contributed by atoms with Crippen molar-refractivity contribution < 1.29 is 28.6 Å². The first-order valence-corrected chi connectivity index (χ1v) is 9.15. The zero-order chi connectivity index (χ0) is 21.0. The lowest BCUT2D eigenvalue weighted by molar-refractivity contribution is -0.130. The average Bonchev–Trinajstić information content (AvgIpc) is 3.27. The van der Waals surface area contributed by atoms with Gasteiger partial charge in [0.2, 0.25) is 5.78 Å². The molecule has 1 amide bonds. The predicted octanol–water partition coefficient (Wildman–Crippen LogP) is 3.38. The zero-order valence-electron chi connectivity index (χ0n) is 16.4. The van der Waals surface area contributed by atoms with Crippen LogP contribution in [0.3, 0.4) is 0 Å². The van der Waals surface area contributed by atoms with Crippen LogP contribution < -0.4 is 4.74 Å². The predicted molar refractivity (Wildman–Crippen MR) is 106 cm³/mol. The Labute approximate surface area is 168 Å². The maximum absolute atomic E-state index is 13.1. The van der Waals surface area contributed by atoms with Crippen LogP contribution >= 0.6 is 0 Å². The Hall–Kier alpha value is -3.32. The van der Waals surface area contributed by atoms with Crippen LogP contribution in [0.5, 0.6) is 5.75 Å². The summed E-state index contributed by atoms with van der Waals surface area (Å²) in [6.45, 7) is 6.17. The van der Waals surface area contributed by atoms with E-state index in [2.05, 4.69) is 6.58 Å². The molecular formula is C22H23NO6. The number of methoxy groups -OCH3 is 1. The summed E-state index contributed by atoms with van der Waals surface area (Å²) in [5.74, 6) is -0.455. The van der Waals surface area contributed by atoms with Gasteiger partial charge >= 0.3 is 0 Å². The van der Waals surface area contributed by atoms with E-state index >= 15 is 0 Å². The fourth-order valence-electron chi connectivity index (χ4n) is 3.24. The van der Waals surface area contributed by atoms with E-state index in [9.17, 15) is 14.7 Å². The van der Waals surface area contributed by atoms with Crippen molar-refractivity contribution in [2.24, 2.45) is 0 Å². The molecule has 0 spiro atoms. The number of Topliss-reactive ketones (excluding diaryl/α,β-unsaturated/α-hetero) is 1. The number of nitrogens with zero attached hydrogens (tertiary/aromatic N) is 1. The number of carbonyl (C=O) groups is 2. The van der Waals surface area contributed by atoms with Gasteiger partial charge in [0.25, 0.3) is 5.91 Å². The minimum absolute atomic E-state index is 0.0137. The fourth-order valence-corrected chi connectivity index (χ4v) is 3.24.